The topological polar surface area (TPSA) is 17.1 Å². The normalized spacial score (nSPS) is 17.8. The number of carbonyl (C=O) groups excluding carboxylic acids is 1. The molecule has 0 radical (unpaired) electrons. The number of rotatable bonds is 1. The Kier molecular flexibility index (Phi) is 2.31. The lowest BCUT2D eigenvalue weighted by molar-refractivity contribution is -0.105. The summed E-state index contributed by atoms with van der Waals surface area (Å²) in [7, 11) is 0. The van der Waals surface area contributed by atoms with Crippen LogP contribution in [0.4, 0.5) is 8.78 Å². The zero-order chi connectivity index (χ0) is 8.27. The number of hydrogen-bond donors (Lipinski definition) is 0. The number of aldehydes is 1. The highest BCUT2D eigenvalue weighted by molar-refractivity contribution is 5.75. The minimum Gasteiger partial charge on any atom is -0.298 e. The van der Waals surface area contributed by atoms with Gasteiger partial charge in [0.25, 0.3) is 0 Å². The molecule has 11 heavy (non-hydrogen) atoms. The third kappa shape index (κ3) is 1.83. The molecular weight excluding hydrogens is 150 g/mol. The van der Waals surface area contributed by atoms with Crippen molar-refractivity contribution < 1.29 is 13.6 Å². The predicted molar refractivity (Wildman–Crippen MR) is 37.1 cm³/mol. The summed E-state index contributed by atoms with van der Waals surface area (Å²) in [5.74, 6) is -1.17. The van der Waals surface area contributed by atoms with E-state index in [1.807, 2.05) is 0 Å². The molecule has 0 atom stereocenters. The monoisotopic (exact) mass is 156 g/mol. The fourth-order valence-corrected chi connectivity index (χ4v) is 0.767. The summed E-state index contributed by atoms with van der Waals surface area (Å²) >= 11 is 0. The van der Waals surface area contributed by atoms with Gasteiger partial charge >= 0.3 is 0 Å². The van der Waals surface area contributed by atoms with Crippen molar-refractivity contribution in [2.75, 3.05) is 0 Å². The molecule has 58 valence electrons. The number of hydrogen-bond acceptors (Lipinski definition) is 1. The molecule has 1 rings (SSSR count). The second kappa shape index (κ2) is 3.23. The van der Waals surface area contributed by atoms with Crippen LogP contribution in [0.2, 0.25) is 0 Å². The predicted octanol–water partition coefficient (Wildman–Crippen LogP) is 2.22. The van der Waals surface area contributed by atoms with Gasteiger partial charge in [0.15, 0.2) is 0 Å². The maximum Gasteiger partial charge on any atom is 0.149 e. The Balaban J connectivity index is 2.98. The van der Waals surface area contributed by atoms with E-state index in [1.54, 1.807) is 0 Å². The maximum absolute atomic E-state index is 12.6. The number of halogens is 2. The Morgan fingerprint density at radius 2 is 2.18 bits per heavy atom. The first-order valence-electron chi connectivity index (χ1n) is 3.10. The second-order valence-corrected chi connectivity index (χ2v) is 2.14. The van der Waals surface area contributed by atoms with Crippen LogP contribution in [0.3, 0.4) is 0 Å². The maximum atomic E-state index is 12.6. The van der Waals surface area contributed by atoms with Crippen molar-refractivity contribution in [1.82, 2.24) is 0 Å². The van der Waals surface area contributed by atoms with Gasteiger partial charge < -0.3 is 0 Å². The molecule has 0 fully saturated rings. The molecule has 0 amide bonds. The molecular formula is C8H6F2O. The van der Waals surface area contributed by atoms with Crippen LogP contribution < -0.4 is 0 Å². The van der Waals surface area contributed by atoms with Crippen molar-refractivity contribution in [2.24, 2.45) is 0 Å². The van der Waals surface area contributed by atoms with E-state index in [0.29, 0.717) is 6.29 Å². The van der Waals surface area contributed by atoms with E-state index in [1.165, 1.54) is 6.08 Å². The molecule has 0 heterocycles. The smallest absolute Gasteiger partial charge is 0.149 e. The first-order chi connectivity index (χ1) is 5.24. The highest BCUT2D eigenvalue weighted by Gasteiger charge is 2.07. The van der Waals surface area contributed by atoms with Crippen molar-refractivity contribution in [3.8, 4) is 0 Å². The molecule has 0 saturated carbocycles. The summed E-state index contributed by atoms with van der Waals surface area (Å²) in [5, 5.41) is 0. The zero-order valence-corrected chi connectivity index (χ0v) is 5.68. The van der Waals surface area contributed by atoms with Crippen molar-refractivity contribution in [1.29, 1.82) is 0 Å². The molecule has 1 nitrogen and oxygen atoms in total. The van der Waals surface area contributed by atoms with Gasteiger partial charge in [0.1, 0.15) is 17.9 Å². The summed E-state index contributed by atoms with van der Waals surface area (Å²) in [4.78, 5) is 10.1. The molecule has 0 N–H and O–H groups in total. The van der Waals surface area contributed by atoms with E-state index in [4.69, 9.17) is 0 Å². The van der Waals surface area contributed by atoms with Crippen LogP contribution in [0, 0.1) is 0 Å². The van der Waals surface area contributed by atoms with E-state index in [2.05, 4.69) is 0 Å². The summed E-state index contributed by atoms with van der Waals surface area (Å²) in [6.07, 6.45) is 3.52. The lowest BCUT2D eigenvalue weighted by Gasteiger charge is -1.93. The summed E-state index contributed by atoms with van der Waals surface area (Å²) < 4.78 is 25.1. The van der Waals surface area contributed by atoms with E-state index >= 15 is 0 Å². The molecule has 3 heteroatoms. The molecule has 1 aliphatic rings. The Morgan fingerprint density at radius 1 is 1.45 bits per heavy atom. The Hall–Kier alpha value is -1.25. The fraction of sp³-hybridized carbons (Fsp3) is 0.125. The van der Waals surface area contributed by atoms with Crippen LogP contribution in [0.1, 0.15) is 6.42 Å². The van der Waals surface area contributed by atoms with Gasteiger partial charge in [-0.05, 0) is 12.2 Å². The highest BCUT2D eigenvalue weighted by atomic mass is 19.1. The first kappa shape index (κ1) is 7.85. The van der Waals surface area contributed by atoms with Crippen molar-refractivity contribution in [3.63, 3.8) is 0 Å². The standard InChI is InChI=1S/C8H6F2O/c9-7-2-1-3-8(10)6(4-7)5-11/h1-3,5H,4H2. The summed E-state index contributed by atoms with van der Waals surface area (Å²) in [5.41, 5.74) is -0.146. The Labute approximate surface area is 62.7 Å². The molecule has 0 aromatic heterocycles. The summed E-state index contributed by atoms with van der Waals surface area (Å²) in [6, 6.07) is 0. The van der Waals surface area contributed by atoms with Crippen LogP contribution in [0.5, 0.6) is 0 Å². The van der Waals surface area contributed by atoms with Gasteiger partial charge in [-0.25, -0.2) is 8.78 Å². The van der Waals surface area contributed by atoms with E-state index in [0.717, 1.165) is 12.2 Å². The average Bonchev–Trinajstić information content (AvgIpc) is 2.13. The van der Waals surface area contributed by atoms with E-state index < -0.39 is 11.7 Å². The van der Waals surface area contributed by atoms with Crippen LogP contribution in [-0.4, -0.2) is 6.29 Å². The van der Waals surface area contributed by atoms with E-state index in [-0.39, 0.29) is 12.0 Å². The fourth-order valence-electron chi connectivity index (χ4n) is 0.767. The Morgan fingerprint density at radius 3 is 2.82 bits per heavy atom. The number of carbonyl (C=O) groups is 1. The molecule has 1 aliphatic carbocycles. The molecule has 0 unspecified atom stereocenters. The molecule has 0 aromatic rings. The molecule has 0 aromatic carbocycles. The summed E-state index contributed by atoms with van der Waals surface area (Å²) in [6.45, 7) is 0. The highest BCUT2D eigenvalue weighted by Crippen LogP contribution is 2.19. The Bertz CT molecular complexity index is 261. The first-order valence-corrected chi connectivity index (χ1v) is 3.10. The minimum atomic E-state index is -0.663. The van der Waals surface area contributed by atoms with Crippen LogP contribution >= 0.6 is 0 Å². The minimum absolute atomic E-state index is 0.146. The van der Waals surface area contributed by atoms with Gasteiger partial charge in [0.05, 0.1) is 0 Å². The molecule has 0 saturated heterocycles. The lowest BCUT2D eigenvalue weighted by atomic mass is 10.2. The van der Waals surface area contributed by atoms with Crippen LogP contribution in [0.15, 0.2) is 35.5 Å². The zero-order valence-electron chi connectivity index (χ0n) is 5.68. The van der Waals surface area contributed by atoms with Gasteiger partial charge in [-0.3, -0.25) is 4.79 Å². The average molecular weight is 156 g/mol. The molecule has 0 aliphatic heterocycles. The van der Waals surface area contributed by atoms with Gasteiger partial charge in [-0.15, -0.1) is 0 Å². The molecule has 0 bridgehead atoms. The largest absolute Gasteiger partial charge is 0.298 e. The van der Waals surface area contributed by atoms with Crippen molar-refractivity contribution in [3.05, 3.63) is 35.5 Å². The lowest BCUT2D eigenvalue weighted by Crippen LogP contribution is -1.87. The van der Waals surface area contributed by atoms with Gasteiger partial charge in [-0.1, -0.05) is 6.08 Å². The third-order valence-corrected chi connectivity index (χ3v) is 1.33. The number of allylic oxidation sites excluding steroid dienone is 6. The van der Waals surface area contributed by atoms with Crippen molar-refractivity contribution >= 4 is 6.29 Å². The van der Waals surface area contributed by atoms with Gasteiger partial charge in [-0.2, -0.15) is 0 Å². The van der Waals surface area contributed by atoms with Gasteiger partial charge in [0.2, 0.25) is 0 Å². The van der Waals surface area contributed by atoms with Crippen molar-refractivity contribution in [2.45, 2.75) is 6.42 Å². The van der Waals surface area contributed by atoms with Gasteiger partial charge in [0, 0.05) is 12.0 Å². The van der Waals surface area contributed by atoms with Crippen LogP contribution in [0.25, 0.3) is 0 Å². The SMILES string of the molecule is O=CC1=C(F)C=CC=C(F)C1. The molecule has 0 spiro atoms. The van der Waals surface area contributed by atoms with Crippen LogP contribution in [-0.2, 0) is 4.79 Å². The second-order valence-electron chi connectivity index (χ2n) is 2.14. The van der Waals surface area contributed by atoms with E-state index in [9.17, 15) is 13.6 Å². The third-order valence-electron chi connectivity index (χ3n) is 1.33. The quantitative estimate of drug-likeness (QED) is 0.532.